The number of hydrogen-bond acceptors (Lipinski definition) is 4. The highest BCUT2D eigenvalue weighted by Crippen LogP contribution is 2.23. The summed E-state index contributed by atoms with van der Waals surface area (Å²) in [6, 6.07) is 9.83. The number of carbonyl (C=O) groups is 2. The van der Waals surface area contributed by atoms with Gasteiger partial charge in [0.05, 0.1) is 0 Å². The molecule has 1 aromatic heterocycles. The second-order valence-corrected chi connectivity index (χ2v) is 9.31. The number of amides is 3. The number of urea groups is 1. The Kier molecular flexibility index (Phi) is 7.05. The highest BCUT2D eigenvalue weighted by Gasteiger charge is 2.36. The molecule has 0 spiro atoms. The lowest BCUT2D eigenvalue weighted by Crippen LogP contribution is -2.59. The van der Waals surface area contributed by atoms with Crippen molar-refractivity contribution in [2.24, 2.45) is 5.41 Å². The van der Waals surface area contributed by atoms with Gasteiger partial charge in [-0.25, -0.2) is 4.79 Å². The summed E-state index contributed by atoms with van der Waals surface area (Å²) in [6.45, 7) is 10.5. The van der Waals surface area contributed by atoms with E-state index in [9.17, 15) is 9.59 Å². The summed E-state index contributed by atoms with van der Waals surface area (Å²) < 4.78 is 0. The number of nitrogens with zero attached hydrogens (tertiary/aromatic N) is 3. The van der Waals surface area contributed by atoms with Gasteiger partial charge in [0.2, 0.25) is 5.91 Å². The molecule has 2 N–H and O–H groups in total. The molecule has 1 atom stereocenters. The number of halogens is 1. The van der Waals surface area contributed by atoms with Crippen molar-refractivity contribution in [3.05, 3.63) is 53.3 Å². The Morgan fingerprint density at radius 1 is 1.06 bits per heavy atom. The van der Waals surface area contributed by atoms with Gasteiger partial charge >= 0.3 is 6.03 Å². The molecular weight excluding hydrogens is 414 g/mol. The smallest absolute Gasteiger partial charge is 0.319 e. The van der Waals surface area contributed by atoms with Crippen molar-refractivity contribution in [3.63, 3.8) is 0 Å². The van der Waals surface area contributed by atoms with Crippen LogP contribution in [0.25, 0.3) is 0 Å². The lowest BCUT2D eigenvalue weighted by atomic mass is 9.85. The molecule has 31 heavy (non-hydrogen) atoms. The number of piperazine rings is 1. The van der Waals surface area contributed by atoms with Crippen molar-refractivity contribution >= 4 is 34.9 Å². The summed E-state index contributed by atoms with van der Waals surface area (Å²) in [7, 11) is 0. The molecule has 1 aliphatic rings. The summed E-state index contributed by atoms with van der Waals surface area (Å²) >= 11 is 5.89. The van der Waals surface area contributed by atoms with E-state index in [1.807, 2.05) is 38.7 Å². The molecule has 1 fully saturated rings. The molecule has 0 radical (unpaired) electrons. The van der Waals surface area contributed by atoms with Crippen molar-refractivity contribution in [1.29, 1.82) is 0 Å². The molecule has 2 heterocycles. The monoisotopic (exact) mass is 443 g/mol. The molecule has 7 nitrogen and oxygen atoms in total. The molecule has 0 bridgehead atoms. The largest absolute Gasteiger partial charge is 0.368 e. The standard InChI is InChI=1S/C23H30ClN5O2/c1-16-15-19(9-10-25-16)28-11-13-29(14-12-28)21(30)20(23(2,3)4)27-22(31)26-18-7-5-17(24)6-8-18/h5-10,15,20H,11-14H2,1-4H3,(H2,26,27,31). The van der Waals surface area contributed by atoms with E-state index in [4.69, 9.17) is 11.6 Å². The second-order valence-electron chi connectivity index (χ2n) is 8.87. The van der Waals surface area contributed by atoms with Gasteiger partial charge in [-0.15, -0.1) is 0 Å². The van der Waals surface area contributed by atoms with Gasteiger partial charge in [0.1, 0.15) is 6.04 Å². The molecule has 166 valence electrons. The Morgan fingerprint density at radius 2 is 1.71 bits per heavy atom. The van der Waals surface area contributed by atoms with Crippen LogP contribution >= 0.6 is 11.6 Å². The average molecular weight is 444 g/mol. The van der Waals surface area contributed by atoms with Gasteiger partial charge in [0.15, 0.2) is 0 Å². The van der Waals surface area contributed by atoms with Crippen molar-refractivity contribution < 1.29 is 9.59 Å². The first kappa shape index (κ1) is 22.9. The third-order valence-corrected chi connectivity index (χ3v) is 5.58. The molecule has 3 rings (SSSR count). The topological polar surface area (TPSA) is 77.6 Å². The maximum atomic E-state index is 13.3. The third kappa shape index (κ3) is 6.10. The normalized spacial score (nSPS) is 15.4. The summed E-state index contributed by atoms with van der Waals surface area (Å²) in [6.07, 6.45) is 1.81. The van der Waals surface area contributed by atoms with Crippen LogP contribution in [-0.4, -0.2) is 54.0 Å². The van der Waals surface area contributed by atoms with Crippen LogP contribution in [0, 0.1) is 12.3 Å². The van der Waals surface area contributed by atoms with Crippen molar-refractivity contribution in [2.75, 3.05) is 36.4 Å². The minimum absolute atomic E-state index is 0.0654. The summed E-state index contributed by atoms with van der Waals surface area (Å²) in [5, 5.41) is 6.23. The Bertz CT molecular complexity index is 918. The highest BCUT2D eigenvalue weighted by molar-refractivity contribution is 6.30. The van der Waals surface area contributed by atoms with Gasteiger partial charge < -0.3 is 20.4 Å². The van der Waals surface area contributed by atoms with Gasteiger partial charge in [-0.3, -0.25) is 9.78 Å². The van der Waals surface area contributed by atoms with E-state index in [0.29, 0.717) is 23.8 Å². The molecule has 1 unspecified atom stereocenters. The predicted octanol–water partition coefficient (Wildman–Crippen LogP) is 3.93. The van der Waals surface area contributed by atoms with Crippen LogP contribution in [-0.2, 0) is 4.79 Å². The van der Waals surface area contributed by atoms with E-state index in [0.717, 1.165) is 24.5 Å². The minimum Gasteiger partial charge on any atom is -0.368 e. The fourth-order valence-corrected chi connectivity index (χ4v) is 3.70. The van der Waals surface area contributed by atoms with E-state index in [2.05, 4.69) is 26.6 Å². The summed E-state index contributed by atoms with van der Waals surface area (Å²) in [5.74, 6) is -0.0654. The predicted molar refractivity (Wildman–Crippen MR) is 125 cm³/mol. The van der Waals surface area contributed by atoms with E-state index in [1.54, 1.807) is 30.5 Å². The maximum absolute atomic E-state index is 13.3. The fourth-order valence-electron chi connectivity index (χ4n) is 3.58. The quantitative estimate of drug-likeness (QED) is 0.750. The zero-order valence-electron chi connectivity index (χ0n) is 18.5. The van der Waals surface area contributed by atoms with Crippen LogP contribution < -0.4 is 15.5 Å². The number of aryl methyl sites for hydroxylation is 1. The van der Waals surface area contributed by atoms with Crippen LogP contribution in [0.1, 0.15) is 26.5 Å². The van der Waals surface area contributed by atoms with Gasteiger partial charge in [-0.05, 0) is 48.7 Å². The molecule has 0 aliphatic carbocycles. The molecule has 8 heteroatoms. The van der Waals surface area contributed by atoms with Gasteiger partial charge in [-0.2, -0.15) is 0 Å². The Balaban J connectivity index is 1.62. The van der Waals surface area contributed by atoms with E-state index in [-0.39, 0.29) is 5.91 Å². The molecular formula is C23H30ClN5O2. The lowest BCUT2D eigenvalue weighted by Gasteiger charge is -2.40. The van der Waals surface area contributed by atoms with Crippen LogP contribution in [0.4, 0.5) is 16.2 Å². The van der Waals surface area contributed by atoms with Crippen molar-refractivity contribution in [2.45, 2.75) is 33.7 Å². The van der Waals surface area contributed by atoms with Crippen LogP contribution in [0.5, 0.6) is 0 Å². The number of benzene rings is 1. The van der Waals surface area contributed by atoms with E-state index < -0.39 is 17.5 Å². The van der Waals surface area contributed by atoms with E-state index in [1.165, 1.54) is 0 Å². The number of pyridine rings is 1. The molecule has 1 aliphatic heterocycles. The second kappa shape index (κ2) is 9.56. The number of hydrogen-bond donors (Lipinski definition) is 2. The zero-order valence-corrected chi connectivity index (χ0v) is 19.2. The minimum atomic E-state index is -0.644. The number of nitrogens with one attached hydrogen (secondary N) is 2. The molecule has 0 saturated carbocycles. The Hall–Kier alpha value is -2.80. The molecule has 3 amide bonds. The number of rotatable bonds is 4. The number of carbonyl (C=O) groups excluding carboxylic acids is 2. The SMILES string of the molecule is Cc1cc(N2CCN(C(=O)C(NC(=O)Nc3ccc(Cl)cc3)C(C)(C)C)CC2)ccn1. The highest BCUT2D eigenvalue weighted by atomic mass is 35.5. The zero-order chi connectivity index (χ0) is 22.6. The van der Waals surface area contributed by atoms with Gasteiger partial charge in [0, 0.05) is 54.5 Å². The molecule has 1 aromatic carbocycles. The van der Waals surface area contributed by atoms with Crippen LogP contribution in [0.15, 0.2) is 42.6 Å². The molecule has 2 aromatic rings. The maximum Gasteiger partial charge on any atom is 0.319 e. The Morgan fingerprint density at radius 3 is 2.29 bits per heavy atom. The first-order valence-electron chi connectivity index (χ1n) is 10.4. The summed E-state index contributed by atoms with van der Waals surface area (Å²) in [5.41, 5.74) is 2.27. The average Bonchev–Trinajstić information content (AvgIpc) is 2.72. The first-order valence-corrected chi connectivity index (χ1v) is 10.8. The van der Waals surface area contributed by atoms with Crippen LogP contribution in [0.3, 0.4) is 0 Å². The van der Waals surface area contributed by atoms with Gasteiger partial charge in [0.25, 0.3) is 0 Å². The van der Waals surface area contributed by atoms with E-state index >= 15 is 0 Å². The van der Waals surface area contributed by atoms with Crippen molar-refractivity contribution in [3.8, 4) is 0 Å². The van der Waals surface area contributed by atoms with Gasteiger partial charge in [-0.1, -0.05) is 32.4 Å². The summed E-state index contributed by atoms with van der Waals surface area (Å²) in [4.78, 5) is 34.2. The third-order valence-electron chi connectivity index (χ3n) is 5.33. The molecule has 1 saturated heterocycles. The first-order chi connectivity index (χ1) is 14.6. The van der Waals surface area contributed by atoms with Crippen LogP contribution in [0.2, 0.25) is 5.02 Å². The number of anilines is 2. The Labute approximate surface area is 188 Å². The van der Waals surface area contributed by atoms with Crippen molar-refractivity contribution in [1.82, 2.24) is 15.2 Å². The fraction of sp³-hybridized carbons (Fsp3) is 0.435. The lowest BCUT2D eigenvalue weighted by molar-refractivity contribution is -0.136. The number of aromatic nitrogens is 1.